The van der Waals surface area contributed by atoms with Gasteiger partial charge in [0.15, 0.2) is 0 Å². The molecule has 0 unspecified atom stereocenters. The van der Waals surface area contributed by atoms with Gasteiger partial charge in [-0.05, 0) is 12.5 Å². The lowest BCUT2D eigenvalue weighted by Gasteiger charge is -2.07. The second-order valence-electron chi connectivity index (χ2n) is 2.68. The molecule has 0 heterocycles. The molecule has 2 heteroatoms. The van der Waals surface area contributed by atoms with Crippen LogP contribution in [0.4, 0.5) is 0 Å². The van der Waals surface area contributed by atoms with Crippen molar-refractivity contribution in [3.8, 4) is 5.75 Å². The first kappa shape index (κ1) is 9.81. The molecule has 69 valence electrons. The molecule has 0 aliphatic heterocycles. The molecule has 1 rings (SSSR count). The Balaban J connectivity index is 2.58. The van der Waals surface area contributed by atoms with Crippen LogP contribution < -0.4 is 4.74 Å². The van der Waals surface area contributed by atoms with Crippen LogP contribution in [0.2, 0.25) is 0 Å². The van der Waals surface area contributed by atoms with Gasteiger partial charge in [0.25, 0.3) is 0 Å². The van der Waals surface area contributed by atoms with Gasteiger partial charge in [-0.1, -0.05) is 24.3 Å². The standard InChI is InChI=1S/C11H13O2/c1-2-3-8-13-11-7-5-4-6-10(11)9-12/h2,4-7H,1,3,8-9H2. The van der Waals surface area contributed by atoms with Crippen LogP contribution in [-0.2, 0) is 11.7 Å². The normalized spacial score (nSPS) is 9.62. The average Bonchev–Trinajstić information content (AvgIpc) is 2.19. The summed E-state index contributed by atoms with van der Waals surface area (Å²) >= 11 is 0. The topological polar surface area (TPSA) is 29.1 Å². The zero-order chi connectivity index (χ0) is 9.52. The van der Waals surface area contributed by atoms with E-state index >= 15 is 0 Å². The highest BCUT2D eigenvalue weighted by atomic mass is 16.5. The molecule has 0 aliphatic carbocycles. The van der Waals surface area contributed by atoms with Crippen LogP contribution in [0.25, 0.3) is 0 Å². The highest BCUT2D eigenvalue weighted by Gasteiger charge is 2.00. The highest BCUT2D eigenvalue weighted by molar-refractivity contribution is 5.32. The molecule has 0 N–H and O–H groups in total. The summed E-state index contributed by atoms with van der Waals surface area (Å²) in [5, 5.41) is 10.7. The van der Waals surface area contributed by atoms with Gasteiger partial charge in [0.05, 0.1) is 6.61 Å². The summed E-state index contributed by atoms with van der Waals surface area (Å²) in [5.74, 6) is 0.694. The Labute approximate surface area is 78.5 Å². The summed E-state index contributed by atoms with van der Waals surface area (Å²) < 4.78 is 5.40. The smallest absolute Gasteiger partial charge is 0.124 e. The van der Waals surface area contributed by atoms with Gasteiger partial charge in [0.2, 0.25) is 0 Å². The van der Waals surface area contributed by atoms with E-state index in [4.69, 9.17) is 4.74 Å². The van der Waals surface area contributed by atoms with E-state index in [0.717, 1.165) is 6.42 Å². The lowest BCUT2D eigenvalue weighted by Crippen LogP contribution is -1.98. The second kappa shape index (κ2) is 5.38. The Morgan fingerprint density at radius 1 is 1.38 bits per heavy atom. The minimum Gasteiger partial charge on any atom is -0.493 e. The van der Waals surface area contributed by atoms with Crippen molar-refractivity contribution in [2.45, 2.75) is 13.0 Å². The number of hydrogen-bond donors (Lipinski definition) is 0. The molecule has 0 spiro atoms. The molecular formula is C11H13O2. The van der Waals surface area contributed by atoms with Crippen molar-refractivity contribution in [3.05, 3.63) is 42.5 Å². The van der Waals surface area contributed by atoms with Gasteiger partial charge >= 0.3 is 0 Å². The van der Waals surface area contributed by atoms with E-state index in [1.54, 1.807) is 12.1 Å². The Morgan fingerprint density at radius 3 is 2.85 bits per heavy atom. The molecule has 1 aromatic rings. The van der Waals surface area contributed by atoms with E-state index < -0.39 is 0 Å². The van der Waals surface area contributed by atoms with Crippen molar-refractivity contribution in [1.82, 2.24) is 0 Å². The number of hydrogen-bond acceptors (Lipinski definition) is 1. The predicted octanol–water partition coefficient (Wildman–Crippen LogP) is 2.57. The van der Waals surface area contributed by atoms with Gasteiger partial charge in [0.1, 0.15) is 12.4 Å². The van der Waals surface area contributed by atoms with Crippen LogP contribution in [0.3, 0.4) is 0 Å². The van der Waals surface area contributed by atoms with Gasteiger partial charge in [-0.15, -0.1) is 6.58 Å². The van der Waals surface area contributed by atoms with Gasteiger partial charge in [-0.25, -0.2) is 5.11 Å². The maximum atomic E-state index is 10.7. The molecule has 0 atom stereocenters. The quantitative estimate of drug-likeness (QED) is 0.502. The molecule has 0 fully saturated rings. The molecule has 0 bridgehead atoms. The summed E-state index contributed by atoms with van der Waals surface area (Å²) in [6.45, 7) is 3.94. The molecule has 0 aliphatic rings. The molecule has 0 amide bonds. The third kappa shape index (κ3) is 2.92. The van der Waals surface area contributed by atoms with Gasteiger partial charge < -0.3 is 4.74 Å². The highest BCUT2D eigenvalue weighted by Crippen LogP contribution is 2.17. The lowest BCUT2D eigenvalue weighted by molar-refractivity contribution is 0.172. The van der Waals surface area contributed by atoms with E-state index in [-0.39, 0.29) is 6.61 Å². The van der Waals surface area contributed by atoms with Crippen LogP contribution in [0.1, 0.15) is 12.0 Å². The summed E-state index contributed by atoms with van der Waals surface area (Å²) in [6.07, 6.45) is 2.59. The van der Waals surface area contributed by atoms with Crippen LogP contribution in [0.5, 0.6) is 5.75 Å². The summed E-state index contributed by atoms with van der Waals surface area (Å²) in [6, 6.07) is 7.31. The van der Waals surface area contributed by atoms with Crippen LogP contribution in [0, 0.1) is 0 Å². The fourth-order valence-electron chi connectivity index (χ4n) is 1.02. The maximum Gasteiger partial charge on any atom is 0.124 e. The third-order valence-electron chi connectivity index (χ3n) is 1.71. The molecule has 2 nitrogen and oxygen atoms in total. The van der Waals surface area contributed by atoms with Crippen LogP contribution >= 0.6 is 0 Å². The molecule has 0 saturated carbocycles. The third-order valence-corrected chi connectivity index (χ3v) is 1.71. The van der Waals surface area contributed by atoms with E-state index in [2.05, 4.69) is 6.58 Å². The molecule has 0 saturated heterocycles. The fourth-order valence-corrected chi connectivity index (χ4v) is 1.02. The average molecular weight is 177 g/mol. The zero-order valence-electron chi connectivity index (χ0n) is 7.53. The van der Waals surface area contributed by atoms with Gasteiger partial charge in [-0.3, -0.25) is 0 Å². The number of benzene rings is 1. The minimum absolute atomic E-state index is 0.232. The monoisotopic (exact) mass is 177 g/mol. The van der Waals surface area contributed by atoms with E-state index in [1.165, 1.54) is 0 Å². The SMILES string of the molecule is C=CCCOc1ccccc1C[O]. The Hall–Kier alpha value is -1.28. The Bertz CT molecular complexity index is 269. The zero-order valence-corrected chi connectivity index (χ0v) is 7.53. The van der Waals surface area contributed by atoms with Crippen molar-refractivity contribution in [3.63, 3.8) is 0 Å². The van der Waals surface area contributed by atoms with Crippen molar-refractivity contribution in [2.24, 2.45) is 0 Å². The minimum atomic E-state index is -0.232. The van der Waals surface area contributed by atoms with E-state index in [9.17, 15) is 5.11 Å². The molecule has 13 heavy (non-hydrogen) atoms. The van der Waals surface area contributed by atoms with E-state index in [1.807, 2.05) is 18.2 Å². The molecule has 1 radical (unpaired) electrons. The van der Waals surface area contributed by atoms with Crippen molar-refractivity contribution >= 4 is 0 Å². The largest absolute Gasteiger partial charge is 0.493 e. The van der Waals surface area contributed by atoms with Crippen molar-refractivity contribution < 1.29 is 9.84 Å². The Morgan fingerprint density at radius 2 is 2.15 bits per heavy atom. The van der Waals surface area contributed by atoms with Gasteiger partial charge in [0, 0.05) is 5.56 Å². The summed E-state index contributed by atoms with van der Waals surface area (Å²) in [7, 11) is 0. The molecular weight excluding hydrogens is 164 g/mol. The number of para-hydroxylation sites is 1. The van der Waals surface area contributed by atoms with Gasteiger partial charge in [-0.2, -0.15) is 0 Å². The van der Waals surface area contributed by atoms with Crippen molar-refractivity contribution in [1.29, 1.82) is 0 Å². The molecule has 0 aromatic heterocycles. The Kier molecular flexibility index (Phi) is 4.06. The first-order chi connectivity index (χ1) is 6.38. The number of ether oxygens (including phenoxy) is 1. The predicted molar refractivity (Wildman–Crippen MR) is 51.1 cm³/mol. The summed E-state index contributed by atoms with van der Waals surface area (Å²) in [4.78, 5) is 0. The summed E-state index contributed by atoms with van der Waals surface area (Å²) in [5.41, 5.74) is 0.714. The fraction of sp³-hybridized carbons (Fsp3) is 0.273. The lowest BCUT2D eigenvalue weighted by atomic mass is 10.2. The van der Waals surface area contributed by atoms with Crippen LogP contribution in [0.15, 0.2) is 36.9 Å². The first-order valence-corrected chi connectivity index (χ1v) is 4.28. The van der Waals surface area contributed by atoms with Crippen molar-refractivity contribution in [2.75, 3.05) is 6.61 Å². The second-order valence-corrected chi connectivity index (χ2v) is 2.68. The van der Waals surface area contributed by atoms with Crippen LogP contribution in [-0.4, -0.2) is 6.61 Å². The maximum absolute atomic E-state index is 10.7. The molecule has 1 aromatic carbocycles. The number of rotatable bonds is 5. The van der Waals surface area contributed by atoms with E-state index in [0.29, 0.717) is 17.9 Å². The first-order valence-electron chi connectivity index (χ1n) is 4.28.